The molecular formula is C18H27NO6. The van der Waals surface area contributed by atoms with Crippen molar-refractivity contribution < 1.29 is 29.3 Å². The number of carbonyl (C=O) groups excluding carboxylic acids is 1. The maximum atomic E-state index is 12.2. The lowest BCUT2D eigenvalue weighted by atomic mass is 9.89. The number of aliphatic hydroxyl groups is 1. The van der Waals surface area contributed by atoms with Gasteiger partial charge in [-0.05, 0) is 37.0 Å². The number of nitrogens with one attached hydrogen (secondary N) is 1. The lowest BCUT2D eigenvalue weighted by Crippen LogP contribution is -2.34. The molecule has 3 N–H and O–H groups in total. The van der Waals surface area contributed by atoms with E-state index >= 15 is 0 Å². The lowest BCUT2D eigenvalue weighted by molar-refractivity contribution is -0.139. The van der Waals surface area contributed by atoms with Crippen LogP contribution in [0.4, 0.5) is 0 Å². The second kappa shape index (κ2) is 9.27. The minimum atomic E-state index is -1.10. The van der Waals surface area contributed by atoms with E-state index in [1.165, 1.54) is 18.2 Å². The van der Waals surface area contributed by atoms with Gasteiger partial charge >= 0.3 is 5.97 Å². The molecule has 0 aliphatic rings. The van der Waals surface area contributed by atoms with Gasteiger partial charge in [0, 0.05) is 12.1 Å². The highest BCUT2D eigenvalue weighted by Crippen LogP contribution is 2.28. The largest absolute Gasteiger partial charge is 0.490 e. The van der Waals surface area contributed by atoms with Crippen molar-refractivity contribution in [3.05, 3.63) is 23.8 Å². The Balaban J connectivity index is 2.75. The minimum Gasteiger partial charge on any atom is -0.490 e. The van der Waals surface area contributed by atoms with Crippen molar-refractivity contribution in [1.82, 2.24) is 5.32 Å². The van der Waals surface area contributed by atoms with Crippen LogP contribution in [0, 0.1) is 5.41 Å². The molecule has 0 bridgehead atoms. The smallest absolute Gasteiger partial charge is 0.341 e. The highest BCUT2D eigenvalue weighted by molar-refractivity contribution is 5.94. The first-order valence-electron chi connectivity index (χ1n) is 8.20. The number of carboxylic acids is 1. The van der Waals surface area contributed by atoms with Crippen molar-refractivity contribution in [1.29, 1.82) is 0 Å². The molecule has 7 heteroatoms. The van der Waals surface area contributed by atoms with E-state index in [0.29, 0.717) is 24.3 Å². The molecule has 0 fully saturated rings. The Morgan fingerprint density at radius 1 is 1.20 bits per heavy atom. The molecule has 0 saturated heterocycles. The first-order chi connectivity index (χ1) is 11.6. The lowest BCUT2D eigenvalue weighted by Gasteiger charge is -2.22. The van der Waals surface area contributed by atoms with Crippen LogP contribution in [0.3, 0.4) is 0 Å². The monoisotopic (exact) mass is 353 g/mol. The van der Waals surface area contributed by atoms with Crippen LogP contribution in [0.1, 0.15) is 44.5 Å². The molecule has 1 unspecified atom stereocenters. The second-order valence-electron chi connectivity index (χ2n) is 6.91. The standard InChI is InChI=1S/C18H27NO6/c1-5-24-15-8-12(6-7-14(15)25-11-16(21)22)17(23)19-10-13(20)9-18(2,3)4/h6-8,13,20H,5,9-11H2,1-4H3,(H,19,23)(H,21,22). The summed E-state index contributed by atoms with van der Waals surface area (Å²) in [5.41, 5.74) is 0.309. The van der Waals surface area contributed by atoms with Gasteiger partial charge < -0.3 is 25.0 Å². The van der Waals surface area contributed by atoms with Crippen molar-refractivity contribution in [2.24, 2.45) is 5.41 Å². The zero-order chi connectivity index (χ0) is 19.0. The Kier molecular flexibility index (Phi) is 7.70. The third-order valence-corrected chi connectivity index (χ3v) is 3.20. The molecule has 0 aliphatic carbocycles. The van der Waals surface area contributed by atoms with Gasteiger partial charge in [-0.1, -0.05) is 20.8 Å². The number of carboxylic acid groups (broad SMARTS) is 1. The molecule has 1 aromatic carbocycles. The molecular weight excluding hydrogens is 326 g/mol. The number of amides is 1. The van der Waals surface area contributed by atoms with E-state index in [-0.39, 0.29) is 23.6 Å². The van der Waals surface area contributed by atoms with Gasteiger partial charge in [-0.2, -0.15) is 0 Å². The Labute approximate surface area is 147 Å². The Bertz CT molecular complexity index is 594. The summed E-state index contributed by atoms with van der Waals surface area (Å²) >= 11 is 0. The first kappa shape index (κ1) is 20.8. The number of aliphatic hydroxyl groups excluding tert-OH is 1. The first-order valence-corrected chi connectivity index (χ1v) is 8.20. The summed E-state index contributed by atoms with van der Waals surface area (Å²) in [6.07, 6.45) is -0.0621. The molecule has 0 radical (unpaired) electrons. The third kappa shape index (κ3) is 7.89. The summed E-state index contributed by atoms with van der Waals surface area (Å²) in [5, 5.41) is 21.3. The Morgan fingerprint density at radius 3 is 2.44 bits per heavy atom. The average molecular weight is 353 g/mol. The predicted molar refractivity (Wildman–Crippen MR) is 93.2 cm³/mol. The zero-order valence-corrected chi connectivity index (χ0v) is 15.2. The maximum absolute atomic E-state index is 12.2. The van der Waals surface area contributed by atoms with Crippen molar-refractivity contribution in [2.45, 2.75) is 40.2 Å². The van der Waals surface area contributed by atoms with E-state index in [9.17, 15) is 14.7 Å². The van der Waals surface area contributed by atoms with E-state index < -0.39 is 18.7 Å². The van der Waals surface area contributed by atoms with Crippen molar-refractivity contribution in [3.8, 4) is 11.5 Å². The molecule has 0 heterocycles. The number of carbonyl (C=O) groups is 2. The van der Waals surface area contributed by atoms with Crippen LogP contribution in [0.5, 0.6) is 11.5 Å². The van der Waals surface area contributed by atoms with Gasteiger partial charge in [0.25, 0.3) is 5.91 Å². The van der Waals surface area contributed by atoms with Gasteiger partial charge in [0.15, 0.2) is 18.1 Å². The molecule has 0 spiro atoms. The number of rotatable bonds is 9. The molecule has 0 aromatic heterocycles. The third-order valence-electron chi connectivity index (χ3n) is 3.20. The fraction of sp³-hybridized carbons (Fsp3) is 0.556. The normalized spacial score (nSPS) is 12.4. The highest BCUT2D eigenvalue weighted by atomic mass is 16.5. The van der Waals surface area contributed by atoms with E-state index in [2.05, 4.69) is 5.32 Å². The van der Waals surface area contributed by atoms with Crippen molar-refractivity contribution in [3.63, 3.8) is 0 Å². The van der Waals surface area contributed by atoms with Gasteiger partial charge in [0.2, 0.25) is 0 Å². The van der Waals surface area contributed by atoms with Gasteiger partial charge in [0.05, 0.1) is 12.7 Å². The fourth-order valence-electron chi connectivity index (χ4n) is 2.27. The molecule has 7 nitrogen and oxygen atoms in total. The topological polar surface area (TPSA) is 105 Å². The molecule has 1 amide bonds. The number of aliphatic carboxylic acids is 1. The van der Waals surface area contributed by atoms with Crippen molar-refractivity contribution in [2.75, 3.05) is 19.8 Å². The number of hydrogen-bond acceptors (Lipinski definition) is 5. The number of benzene rings is 1. The Hall–Kier alpha value is -2.28. The van der Waals surface area contributed by atoms with Gasteiger partial charge in [0.1, 0.15) is 0 Å². The van der Waals surface area contributed by atoms with Crippen LogP contribution in [-0.4, -0.2) is 48.0 Å². The van der Waals surface area contributed by atoms with E-state index in [1.807, 2.05) is 20.8 Å². The van der Waals surface area contributed by atoms with Crippen LogP contribution in [0.2, 0.25) is 0 Å². The summed E-state index contributed by atoms with van der Waals surface area (Å²) in [6.45, 7) is 7.82. The summed E-state index contributed by atoms with van der Waals surface area (Å²) < 4.78 is 10.5. The van der Waals surface area contributed by atoms with Gasteiger partial charge in [-0.15, -0.1) is 0 Å². The molecule has 140 valence electrons. The molecule has 25 heavy (non-hydrogen) atoms. The van der Waals surface area contributed by atoms with Crippen LogP contribution in [0.15, 0.2) is 18.2 Å². The van der Waals surface area contributed by atoms with E-state index in [0.717, 1.165) is 0 Å². The van der Waals surface area contributed by atoms with Gasteiger partial charge in [-0.25, -0.2) is 4.79 Å². The van der Waals surface area contributed by atoms with Gasteiger partial charge in [-0.3, -0.25) is 4.79 Å². The molecule has 1 aromatic rings. The van der Waals surface area contributed by atoms with Crippen LogP contribution in [0.25, 0.3) is 0 Å². The Morgan fingerprint density at radius 2 is 1.88 bits per heavy atom. The predicted octanol–water partition coefficient (Wildman–Crippen LogP) is 2.08. The zero-order valence-electron chi connectivity index (χ0n) is 15.2. The minimum absolute atomic E-state index is 0.0323. The summed E-state index contributed by atoms with van der Waals surface area (Å²) in [6, 6.07) is 4.51. The SMILES string of the molecule is CCOc1cc(C(=O)NCC(O)CC(C)(C)C)ccc1OCC(=O)O. The quantitative estimate of drug-likeness (QED) is 0.628. The summed E-state index contributed by atoms with van der Waals surface area (Å²) in [4.78, 5) is 22.8. The fourth-order valence-corrected chi connectivity index (χ4v) is 2.27. The van der Waals surface area contributed by atoms with Crippen LogP contribution < -0.4 is 14.8 Å². The summed E-state index contributed by atoms with van der Waals surface area (Å²) in [7, 11) is 0. The second-order valence-corrected chi connectivity index (χ2v) is 6.91. The van der Waals surface area contributed by atoms with Crippen molar-refractivity contribution >= 4 is 11.9 Å². The van der Waals surface area contributed by atoms with E-state index in [1.54, 1.807) is 6.92 Å². The molecule has 1 atom stereocenters. The maximum Gasteiger partial charge on any atom is 0.341 e. The average Bonchev–Trinajstić information content (AvgIpc) is 2.49. The van der Waals surface area contributed by atoms with Crippen LogP contribution in [-0.2, 0) is 4.79 Å². The number of hydrogen-bond donors (Lipinski definition) is 3. The molecule has 0 saturated carbocycles. The molecule has 1 rings (SSSR count). The molecule has 0 aliphatic heterocycles. The highest BCUT2D eigenvalue weighted by Gasteiger charge is 2.18. The van der Waals surface area contributed by atoms with Crippen LogP contribution >= 0.6 is 0 Å². The number of ether oxygens (including phenoxy) is 2. The van der Waals surface area contributed by atoms with E-state index in [4.69, 9.17) is 14.6 Å². The summed E-state index contributed by atoms with van der Waals surface area (Å²) in [5.74, 6) is -0.893.